The number of carbonyl (C=O) groups is 1. The number of aromatic nitrogens is 3. The standard InChI is InChI=1S/C31H27ClFN5O4/c1-30(41,21-15-36-37(2)16-21)20-9-26-28(27(33)10-20)31(42-25-11-24(39)12-25,19-4-6-22(32)7-5-19)38(29(26)40)17-23-8-3-18(13-34)14-35-23/h3-10,14-16,24-25,39,41H,11-12,17H2,1-2H3/t24-,25+,30?,31?. The van der Waals surface area contributed by atoms with Gasteiger partial charge in [0.2, 0.25) is 5.72 Å². The van der Waals surface area contributed by atoms with Gasteiger partial charge in [0.25, 0.3) is 5.91 Å². The number of ether oxygens (including phenoxy) is 1. The van der Waals surface area contributed by atoms with Gasteiger partial charge in [-0.3, -0.25) is 19.4 Å². The highest BCUT2D eigenvalue weighted by Gasteiger charge is 2.56. The van der Waals surface area contributed by atoms with Crippen LogP contribution in [0.2, 0.25) is 5.02 Å². The highest BCUT2D eigenvalue weighted by atomic mass is 35.5. The molecule has 2 aromatic heterocycles. The lowest BCUT2D eigenvalue weighted by Crippen LogP contribution is -2.51. The smallest absolute Gasteiger partial charge is 0.257 e. The molecule has 1 aliphatic heterocycles. The van der Waals surface area contributed by atoms with Gasteiger partial charge in [-0.15, -0.1) is 0 Å². The molecule has 2 unspecified atom stereocenters. The van der Waals surface area contributed by atoms with Crippen molar-refractivity contribution in [1.29, 1.82) is 5.26 Å². The summed E-state index contributed by atoms with van der Waals surface area (Å²) in [7, 11) is 1.71. The number of aryl methyl sites for hydroxylation is 1. The average Bonchev–Trinajstić information content (AvgIpc) is 3.50. The van der Waals surface area contributed by atoms with Crippen LogP contribution in [0.1, 0.15) is 63.6 Å². The monoisotopic (exact) mass is 587 g/mol. The zero-order chi connectivity index (χ0) is 29.8. The number of fused-ring (bicyclic) bond motifs is 1. The van der Waals surface area contributed by atoms with Crippen LogP contribution in [-0.2, 0) is 29.7 Å². The van der Waals surface area contributed by atoms with Crippen LogP contribution in [0.5, 0.6) is 0 Å². The summed E-state index contributed by atoms with van der Waals surface area (Å²) < 4.78 is 24.8. The third-order valence-corrected chi connectivity index (χ3v) is 8.28. The number of aliphatic hydroxyl groups is 2. The molecule has 3 heterocycles. The molecule has 1 aliphatic carbocycles. The summed E-state index contributed by atoms with van der Waals surface area (Å²) in [6.45, 7) is 1.44. The quantitative estimate of drug-likeness (QED) is 0.333. The molecule has 2 aromatic carbocycles. The first-order chi connectivity index (χ1) is 20.0. The Morgan fingerprint density at radius 2 is 1.93 bits per heavy atom. The summed E-state index contributed by atoms with van der Waals surface area (Å²) >= 11 is 6.21. The third-order valence-electron chi connectivity index (χ3n) is 8.03. The second kappa shape index (κ2) is 10.3. The number of rotatable bonds is 7. The molecule has 1 saturated carbocycles. The zero-order valence-electron chi connectivity index (χ0n) is 22.8. The summed E-state index contributed by atoms with van der Waals surface area (Å²) in [5.41, 5.74) is -1.51. The molecule has 6 rings (SSSR count). The van der Waals surface area contributed by atoms with Gasteiger partial charge in [0.1, 0.15) is 17.5 Å². The maximum atomic E-state index is 16.6. The molecule has 2 aliphatic rings. The van der Waals surface area contributed by atoms with Gasteiger partial charge in [0.05, 0.1) is 47.3 Å². The first-order valence-electron chi connectivity index (χ1n) is 13.4. The van der Waals surface area contributed by atoms with E-state index in [4.69, 9.17) is 16.3 Å². The predicted molar refractivity (Wildman–Crippen MR) is 149 cm³/mol. The van der Waals surface area contributed by atoms with Crippen molar-refractivity contribution in [1.82, 2.24) is 19.7 Å². The summed E-state index contributed by atoms with van der Waals surface area (Å²) in [4.78, 5) is 20.1. The lowest BCUT2D eigenvalue weighted by Gasteiger charge is -2.45. The number of pyridine rings is 1. The van der Waals surface area contributed by atoms with Gasteiger partial charge in [-0.2, -0.15) is 10.4 Å². The Morgan fingerprint density at radius 1 is 1.19 bits per heavy atom. The van der Waals surface area contributed by atoms with E-state index >= 15 is 4.39 Å². The molecule has 0 spiro atoms. The van der Waals surface area contributed by atoms with Gasteiger partial charge < -0.3 is 14.9 Å². The Bertz CT molecular complexity index is 1710. The van der Waals surface area contributed by atoms with Gasteiger partial charge in [0.15, 0.2) is 0 Å². The van der Waals surface area contributed by atoms with Crippen LogP contribution < -0.4 is 0 Å². The van der Waals surface area contributed by atoms with Crippen molar-refractivity contribution in [2.45, 2.75) is 49.8 Å². The van der Waals surface area contributed by atoms with Gasteiger partial charge in [-0.1, -0.05) is 23.7 Å². The van der Waals surface area contributed by atoms with E-state index in [1.807, 2.05) is 6.07 Å². The van der Waals surface area contributed by atoms with Crippen molar-refractivity contribution in [2.24, 2.45) is 7.05 Å². The molecule has 4 aromatic rings. The SMILES string of the molecule is Cn1cc(C(C)(O)c2cc(F)c3c(c2)C(=O)N(Cc2ccc(C#N)cn2)C3(O[C@H]2C[C@@H](O)C2)c2ccc(Cl)cc2)cn1. The largest absolute Gasteiger partial charge is 0.393 e. The number of nitriles is 1. The molecule has 42 heavy (non-hydrogen) atoms. The van der Waals surface area contributed by atoms with Crippen LogP contribution in [0.3, 0.4) is 0 Å². The van der Waals surface area contributed by atoms with Gasteiger partial charge in [0, 0.05) is 35.6 Å². The molecule has 214 valence electrons. The normalized spacial score (nSPS) is 22.8. The highest BCUT2D eigenvalue weighted by Crippen LogP contribution is 2.50. The lowest BCUT2D eigenvalue weighted by molar-refractivity contribution is -0.191. The van der Waals surface area contributed by atoms with Crippen LogP contribution >= 0.6 is 11.6 Å². The van der Waals surface area contributed by atoms with E-state index in [9.17, 15) is 20.3 Å². The zero-order valence-corrected chi connectivity index (χ0v) is 23.6. The van der Waals surface area contributed by atoms with Gasteiger partial charge >= 0.3 is 0 Å². The second-order valence-electron chi connectivity index (χ2n) is 10.9. The Kier molecular flexibility index (Phi) is 6.86. The fraction of sp³-hybridized carbons (Fsp3) is 0.290. The molecule has 2 atom stereocenters. The molecule has 0 bridgehead atoms. The number of halogens is 2. The van der Waals surface area contributed by atoms with Crippen molar-refractivity contribution < 1.29 is 24.1 Å². The van der Waals surface area contributed by atoms with E-state index in [-0.39, 0.29) is 23.2 Å². The Hall–Kier alpha value is -4.14. The first-order valence-corrected chi connectivity index (χ1v) is 13.8. The Labute approximate surface area is 246 Å². The molecule has 1 amide bonds. The molecule has 11 heteroatoms. The van der Waals surface area contributed by atoms with Crippen molar-refractivity contribution in [2.75, 3.05) is 0 Å². The topological polar surface area (TPSA) is 125 Å². The first kappa shape index (κ1) is 28.0. The molecule has 1 fully saturated rings. The number of aliphatic hydroxyl groups excluding tert-OH is 1. The number of carbonyl (C=O) groups excluding carboxylic acids is 1. The van der Waals surface area contributed by atoms with Crippen LogP contribution in [0.4, 0.5) is 4.39 Å². The van der Waals surface area contributed by atoms with E-state index in [0.29, 0.717) is 40.2 Å². The predicted octanol–water partition coefficient (Wildman–Crippen LogP) is 4.13. The number of benzene rings is 2. The molecule has 0 radical (unpaired) electrons. The van der Waals surface area contributed by atoms with Crippen molar-refractivity contribution in [3.8, 4) is 6.07 Å². The third kappa shape index (κ3) is 4.55. The molecule has 0 saturated heterocycles. The molecule has 2 N–H and O–H groups in total. The number of hydrogen-bond acceptors (Lipinski definition) is 7. The van der Waals surface area contributed by atoms with Gasteiger partial charge in [-0.05, 0) is 61.7 Å². The Morgan fingerprint density at radius 3 is 2.52 bits per heavy atom. The molecule has 9 nitrogen and oxygen atoms in total. The summed E-state index contributed by atoms with van der Waals surface area (Å²) in [5, 5.41) is 35.3. The minimum atomic E-state index is -1.74. The maximum absolute atomic E-state index is 16.6. The minimum absolute atomic E-state index is 0.00408. The Balaban J connectivity index is 1.56. The van der Waals surface area contributed by atoms with Gasteiger partial charge in [-0.25, -0.2) is 4.39 Å². The number of nitrogens with zero attached hydrogens (tertiary/aromatic N) is 5. The summed E-state index contributed by atoms with van der Waals surface area (Å²) in [5.74, 6) is -1.28. The lowest BCUT2D eigenvalue weighted by atomic mass is 9.85. The number of hydrogen-bond donors (Lipinski definition) is 2. The van der Waals surface area contributed by atoms with E-state index in [1.165, 1.54) is 41.0 Å². The number of amides is 1. The molecular formula is C31H27ClFN5O4. The van der Waals surface area contributed by atoms with Crippen molar-refractivity contribution in [3.63, 3.8) is 0 Å². The van der Waals surface area contributed by atoms with Crippen LogP contribution in [0, 0.1) is 17.1 Å². The van der Waals surface area contributed by atoms with E-state index in [2.05, 4.69) is 10.1 Å². The van der Waals surface area contributed by atoms with Crippen LogP contribution in [0.25, 0.3) is 0 Å². The minimum Gasteiger partial charge on any atom is -0.393 e. The van der Waals surface area contributed by atoms with Crippen LogP contribution in [0.15, 0.2) is 67.1 Å². The van der Waals surface area contributed by atoms with E-state index < -0.39 is 35.3 Å². The van der Waals surface area contributed by atoms with Crippen LogP contribution in [-0.4, -0.2) is 48.0 Å². The highest BCUT2D eigenvalue weighted by molar-refractivity contribution is 6.30. The summed E-state index contributed by atoms with van der Waals surface area (Å²) in [6.07, 6.45) is 4.11. The fourth-order valence-electron chi connectivity index (χ4n) is 5.63. The summed E-state index contributed by atoms with van der Waals surface area (Å²) in [6, 6.07) is 14.6. The second-order valence-corrected chi connectivity index (χ2v) is 11.3. The van der Waals surface area contributed by atoms with E-state index in [1.54, 1.807) is 49.6 Å². The van der Waals surface area contributed by atoms with E-state index in [0.717, 1.165) is 0 Å². The van der Waals surface area contributed by atoms with Crippen molar-refractivity contribution >= 4 is 17.5 Å². The van der Waals surface area contributed by atoms with Crippen molar-refractivity contribution in [3.05, 3.63) is 117 Å². The maximum Gasteiger partial charge on any atom is 0.257 e. The molecular weight excluding hydrogens is 561 g/mol. The fourth-order valence-corrected chi connectivity index (χ4v) is 5.76. The average molecular weight is 588 g/mol.